The molecule has 7 heteroatoms. The van der Waals surface area contributed by atoms with Gasteiger partial charge in [0, 0.05) is 10.9 Å². The van der Waals surface area contributed by atoms with Gasteiger partial charge >= 0.3 is 0 Å². The third-order valence-corrected chi connectivity index (χ3v) is 3.52. The molecule has 1 aromatic carbocycles. The van der Waals surface area contributed by atoms with Crippen molar-refractivity contribution >= 4 is 34.2 Å². The van der Waals surface area contributed by atoms with Crippen LogP contribution in [0.1, 0.15) is 16.3 Å². The summed E-state index contributed by atoms with van der Waals surface area (Å²) in [4.78, 5) is 4.05. The third kappa shape index (κ3) is 3.05. The molecule has 0 bridgehead atoms. The smallest absolute Gasteiger partial charge is 0.182 e. The van der Waals surface area contributed by atoms with Crippen LogP contribution in [0.2, 0.25) is 0 Å². The van der Waals surface area contributed by atoms with E-state index >= 15 is 0 Å². The van der Waals surface area contributed by atoms with Gasteiger partial charge in [-0.3, -0.25) is 0 Å². The van der Waals surface area contributed by atoms with Gasteiger partial charge in [-0.15, -0.1) is 11.3 Å². The summed E-state index contributed by atoms with van der Waals surface area (Å²) in [5.41, 5.74) is 6.04. The predicted octanol–water partition coefficient (Wildman–Crippen LogP) is 2.98. The number of hydrogen-bond acceptors (Lipinski definition) is 4. The Bertz CT molecular complexity index is 625. The molecular weight excluding hydrogens is 288 g/mol. The van der Waals surface area contributed by atoms with Crippen LogP contribution in [0.4, 0.5) is 14.5 Å². The number of rotatable bonds is 4. The SMILES string of the molecule is Cc1nc(CNc2ccc(C(N)=S)c(F)c2F)cs1. The number of halogens is 2. The van der Waals surface area contributed by atoms with E-state index in [1.165, 1.54) is 23.5 Å². The largest absolute Gasteiger partial charge is 0.389 e. The van der Waals surface area contributed by atoms with Crippen LogP contribution in [0.25, 0.3) is 0 Å². The van der Waals surface area contributed by atoms with Crippen molar-refractivity contribution in [2.75, 3.05) is 5.32 Å². The second kappa shape index (κ2) is 5.58. The minimum absolute atomic E-state index is 0.0585. The van der Waals surface area contributed by atoms with Crippen LogP contribution in [0, 0.1) is 18.6 Å². The molecule has 1 aromatic heterocycles. The van der Waals surface area contributed by atoms with Gasteiger partial charge in [-0.2, -0.15) is 0 Å². The van der Waals surface area contributed by atoms with E-state index in [1.807, 2.05) is 12.3 Å². The Morgan fingerprint density at radius 1 is 1.42 bits per heavy atom. The number of thiazole rings is 1. The van der Waals surface area contributed by atoms with Crippen molar-refractivity contribution in [3.05, 3.63) is 45.4 Å². The zero-order valence-electron chi connectivity index (χ0n) is 10.0. The van der Waals surface area contributed by atoms with Crippen LogP contribution in [-0.4, -0.2) is 9.97 Å². The van der Waals surface area contributed by atoms with E-state index in [0.717, 1.165) is 10.7 Å². The average Bonchev–Trinajstić information content (AvgIpc) is 2.76. The van der Waals surface area contributed by atoms with Gasteiger partial charge < -0.3 is 11.1 Å². The molecule has 3 N–H and O–H groups in total. The second-order valence-corrected chi connectivity index (χ2v) is 5.37. The topological polar surface area (TPSA) is 50.9 Å². The van der Waals surface area contributed by atoms with Gasteiger partial charge in [0.15, 0.2) is 11.6 Å². The van der Waals surface area contributed by atoms with Gasteiger partial charge in [0.05, 0.1) is 22.9 Å². The first kappa shape index (κ1) is 13.8. The van der Waals surface area contributed by atoms with Crippen LogP contribution in [0.3, 0.4) is 0 Å². The molecule has 2 aromatic rings. The maximum absolute atomic E-state index is 13.8. The molecule has 0 amide bonds. The lowest BCUT2D eigenvalue weighted by molar-refractivity contribution is 0.509. The highest BCUT2D eigenvalue weighted by molar-refractivity contribution is 7.80. The summed E-state index contributed by atoms with van der Waals surface area (Å²) >= 11 is 6.14. The molecular formula is C12H11F2N3S2. The Morgan fingerprint density at radius 2 is 2.16 bits per heavy atom. The van der Waals surface area contributed by atoms with Gasteiger partial charge in [-0.05, 0) is 19.1 Å². The molecule has 100 valence electrons. The Kier molecular flexibility index (Phi) is 4.06. The Hall–Kier alpha value is -1.60. The highest BCUT2D eigenvalue weighted by atomic mass is 32.1. The van der Waals surface area contributed by atoms with Crippen LogP contribution in [-0.2, 0) is 6.54 Å². The zero-order valence-corrected chi connectivity index (χ0v) is 11.7. The second-order valence-electron chi connectivity index (χ2n) is 3.86. The average molecular weight is 299 g/mol. The van der Waals surface area contributed by atoms with Crippen molar-refractivity contribution in [2.45, 2.75) is 13.5 Å². The van der Waals surface area contributed by atoms with E-state index in [2.05, 4.69) is 22.5 Å². The number of anilines is 1. The maximum Gasteiger partial charge on any atom is 0.182 e. The summed E-state index contributed by atoms with van der Waals surface area (Å²) in [6.45, 7) is 2.21. The standard InChI is InChI=1S/C12H11F2N3S2/c1-6-17-7(5-19-6)4-16-9-3-2-8(12(15)18)10(13)11(9)14/h2-3,5,16H,4H2,1H3,(H2,15,18). The molecule has 0 unspecified atom stereocenters. The van der Waals surface area contributed by atoms with E-state index in [-0.39, 0.29) is 16.2 Å². The highest BCUT2D eigenvalue weighted by Crippen LogP contribution is 2.21. The normalized spacial score (nSPS) is 10.5. The molecule has 1 heterocycles. The van der Waals surface area contributed by atoms with Crippen molar-refractivity contribution in [1.82, 2.24) is 4.98 Å². The van der Waals surface area contributed by atoms with E-state index in [9.17, 15) is 8.78 Å². The monoisotopic (exact) mass is 299 g/mol. The van der Waals surface area contributed by atoms with E-state index in [0.29, 0.717) is 6.54 Å². The van der Waals surface area contributed by atoms with Crippen LogP contribution in [0.15, 0.2) is 17.5 Å². The number of hydrogen-bond donors (Lipinski definition) is 2. The van der Waals surface area contributed by atoms with Gasteiger partial charge in [0.2, 0.25) is 0 Å². The zero-order chi connectivity index (χ0) is 14.0. The molecule has 2 rings (SSSR count). The number of thiocarbonyl (C=S) groups is 1. The fourth-order valence-corrected chi connectivity index (χ4v) is 2.32. The van der Waals surface area contributed by atoms with E-state index < -0.39 is 11.6 Å². The van der Waals surface area contributed by atoms with Gasteiger partial charge in [-0.1, -0.05) is 12.2 Å². The summed E-state index contributed by atoms with van der Waals surface area (Å²) in [5, 5.41) is 5.58. The third-order valence-electron chi connectivity index (χ3n) is 2.47. The van der Waals surface area contributed by atoms with Crippen LogP contribution in [0.5, 0.6) is 0 Å². The van der Waals surface area contributed by atoms with Crippen LogP contribution < -0.4 is 11.1 Å². The summed E-state index contributed by atoms with van der Waals surface area (Å²) in [6, 6.07) is 2.77. The quantitative estimate of drug-likeness (QED) is 0.852. The molecule has 0 radical (unpaired) electrons. The summed E-state index contributed by atoms with van der Waals surface area (Å²) in [7, 11) is 0. The molecule has 3 nitrogen and oxygen atoms in total. The van der Waals surface area contributed by atoms with Gasteiger partial charge in [0.1, 0.15) is 4.99 Å². The van der Waals surface area contributed by atoms with Gasteiger partial charge in [0.25, 0.3) is 0 Å². The molecule has 0 aliphatic carbocycles. The maximum atomic E-state index is 13.8. The molecule has 0 saturated carbocycles. The van der Waals surface area contributed by atoms with Crippen molar-refractivity contribution in [2.24, 2.45) is 5.73 Å². The number of nitrogens with one attached hydrogen (secondary N) is 1. The van der Waals surface area contributed by atoms with E-state index in [1.54, 1.807) is 0 Å². The molecule has 0 saturated heterocycles. The first-order chi connectivity index (χ1) is 8.99. The highest BCUT2D eigenvalue weighted by Gasteiger charge is 2.14. The van der Waals surface area contributed by atoms with Gasteiger partial charge in [-0.25, -0.2) is 13.8 Å². The molecule has 0 atom stereocenters. The Labute approximate surface area is 118 Å². The number of nitrogens with zero attached hydrogens (tertiary/aromatic N) is 1. The van der Waals surface area contributed by atoms with Crippen molar-refractivity contribution in [3.63, 3.8) is 0 Å². The summed E-state index contributed by atoms with van der Waals surface area (Å²) in [6.07, 6.45) is 0. The molecule has 0 fully saturated rings. The predicted molar refractivity (Wildman–Crippen MR) is 76.4 cm³/mol. The first-order valence-corrected chi connectivity index (χ1v) is 6.70. The fourth-order valence-electron chi connectivity index (χ4n) is 1.55. The lowest BCUT2D eigenvalue weighted by Gasteiger charge is -2.09. The minimum Gasteiger partial charge on any atom is -0.389 e. The van der Waals surface area contributed by atoms with Crippen molar-refractivity contribution < 1.29 is 8.78 Å². The number of aromatic nitrogens is 1. The van der Waals surface area contributed by atoms with Crippen LogP contribution >= 0.6 is 23.6 Å². The number of nitrogens with two attached hydrogens (primary N) is 1. The lowest BCUT2D eigenvalue weighted by atomic mass is 10.1. The molecule has 0 aliphatic heterocycles. The molecule has 19 heavy (non-hydrogen) atoms. The van der Waals surface area contributed by atoms with E-state index in [4.69, 9.17) is 5.73 Å². The van der Waals surface area contributed by atoms with Crippen molar-refractivity contribution in [3.8, 4) is 0 Å². The minimum atomic E-state index is -1.04. The lowest BCUT2D eigenvalue weighted by Crippen LogP contribution is -2.14. The molecule has 0 aliphatic rings. The number of benzene rings is 1. The molecule has 0 spiro atoms. The summed E-state index contributed by atoms with van der Waals surface area (Å²) < 4.78 is 27.4. The first-order valence-electron chi connectivity index (χ1n) is 5.41. The van der Waals surface area contributed by atoms with Crippen molar-refractivity contribution in [1.29, 1.82) is 0 Å². The summed E-state index contributed by atoms with van der Waals surface area (Å²) in [5.74, 6) is -2.02. The Morgan fingerprint density at radius 3 is 2.74 bits per heavy atom. The fraction of sp³-hybridized carbons (Fsp3) is 0.167. The Balaban J connectivity index is 2.17. The number of aryl methyl sites for hydroxylation is 1.